The lowest BCUT2D eigenvalue weighted by Gasteiger charge is -2.34. The zero-order chi connectivity index (χ0) is 23.6. The molecule has 2 amide bonds. The molecule has 0 unspecified atom stereocenters. The predicted molar refractivity (Wildman–Crippen MR) is 120 cm³/mol. The maximum atomic E-state index is 12.9. The largest absolute Gasteiger partial charge is 0.336 e. The van der Waals surface area contributed by atoms with Crippen LogP contribution in [0.3, 0.4) is 0 Å². The molecule has 2 saturated heterocycles. The fraction of sp³-hybridized carbons (Fsp3) is 0.364. The minimum absolute atomic E-state index is 0.0178. The lowest BCUT2D eigenvalue weighted by molar-refractivity contribution is -0.384. The highest BCUT2D eigenvalue weighted by Crippen LogP contribution is 2.23. The molecule has 2 aliphatic rings. The van der Waals surface area contributed by atoms with E-state index >= 15 is 0 Å². The molecule has 2 aliphatic heterocycles. The molecule has 0 aromatic heterocycles. The molecular formula is C22H24N4O6S. The average Bonchev–Trinajstić information content (AvgIpc) is 2.84. The number of nitro benzene ring substituents is 1. The van der Waals surface area contributed by atoms with Gasteiger partial charge in [-0.2, -0.15) is 4.31 Å². The molecule has 33 heavy (non-hydrogen) atoms. The molecule has 10 nitrogen and oxygen atoms in total. The smallest absolute Gasteiger partial charge is 0.269 e. The van der Waals surface area contributed by atoms with Crippen LogP contribution in [0.5, 0.6) is 0 Å². The van der Waals surface area contributed by atoms with Crippen molar-refractivity contribution in [1.82, 2.24) is 9.21 Å². The SMILES string of the molecule is O=C(c1ccc(N2CCCCC2=O)cc1)N1CCN(S(=O)(=O)c2ccc([N+](=O)[O-])cc2)CC1. The molecule has 2 aromatic rings. The number of amides is 2. The van der Waals surface area contributed by atoms with Crippen molar-refractivity contribution in [3.8, 4) is 0 Å². The summed E-state index contributed by atoms with van der Waals surface area (Å²) in [6, 6.07) is 11.7. The molecule has 11 heteroatoms. The highest BCUT2D eigenvalue weighted by molar-refractivity contribution is 7.89. The first-order valence-electron chi connectivity index (χ1n) is 10.7. The summed E-state index contributed by atoms with van der Waals surface area (Å²) in [5.41, 5.74) is 1.07. The monoisotopic (exact) mass is 472 g/mol. The number of piperazine rings is 1. The number of hydrogen-bond acceptors (Lipinski definition) is 6. The molecule has 174 valence electrons. The maximum Gasteiger partial charge on any atom is 0.269 e. The van der Waals surface area contributed by atoms with Gasteiger partial charge in [-0.1, -0.05) is 0 Å². The van der Waals surface area contributed by atoms with E-state index in [4.69, 9.17) is 0 Å². The second kappa shape index (κ2) is 9.28. The molecule has 0 bridgehead atoms. The molecule has 2 heterocycles. The average molecular weight is 473 g/mol. The number of nitrogens with zero attached hydrogens (tertiary/aromatic N) is 4. The van der Waals surface area contributed by atoms with Gasteiger partial charge in [0.25, 0.3) is 11.6 Å². The van der Waals surface area contributed by atoms with Crippen molar-refractivity contribution in [1.29, 1.82) is 0 Å². The van der Waals surface area contributed by atoms with Gasteiger partial charge < -0.3 is 9.80 Å². The van der Waals surface area contributed by atoms with E-state index in [9.17, 15) is 28.1 Å². The molecule has 2 fully saturated rings. The van der Waals surface area contributed by atoms with Crippen molar-refractivity contribution in [3.05, 3.63) is 64.2 Å². The highest BCUT2D eigenvalue weighted by atomic mass is 32.2. The Morgan fingerprint density at radius 3 is 2.09 bits per heavy atom. The number of hydrogen-bond donors (Lipinski definition) is 0. The van der Waals surface area contributed by atoms with E-state index in [1.807, 2.05) is 0 Å². The van der Waals surface area contributed by atoms with Gasteiger partial charge in [0.15, 0.2) is 0 Å². The van der Waals surface area contributed by atoms with Gasteiger partial charge in [0.05, 0.1) is 9.82 Å². The number of carbonyl (C=O) groups excluding carboxylic acids is 2. The normalized spacial score (nSPS) is 17.8. The van der Waals surface area contributed by atoms with Crippen LogP contribution in [0.4, 0.5) is 11.4 Å². The molecule has 0 spiro atoms. The number of rotatable bonds is 5. The summed E-state index contributed by atoms with van der Waals surface area (Å²) >= 11 is 0. The third kappa shape index (κ3) is 4.74. The number of anilines is 1. The summed E-state index contributed by atoms with van der Waals surface area (Å²) in [7, 11) is -3.81. The molecule has 4 rings (SSSR count). The van der Waals surface area contributed by atoms with E-state index in [0.29, 0.717) is 18.5 Å². The van der Waals surface area contributed by atoms with Crippen molar-refractivity contribution >= 4 is 33.2 Å². The van der Waals surface area contributed by atoms with Crippen LogP contribution < -0.4 is 4.90 Å². The van der Waals surface area contributed by atoms with Gasteiger partial charge in [-0.3, -0.25) is 19.7 Å². The standard InChI is InChI=1S/C22H24N4O6S/c27-21-3-1-2-12-25(21)18-6-4-17(5-7-18)22(28)23-13-15-24(16-14-23)33(31,32)20-10-8-19(9-11-20)26(29)30/h4-11H,1-3,12-16H2. The van der Waals surface area contributed by atoms with E-state index in [1.54, 1.807) is 34.1 Å². The molecule has 0 N–H and O–H groups in total. The summed E-state index contributed by atoms with van der Waals surface area (Å²) in [6.07, 6.45) is 2.39. The van der Waals surface area contributed by atoms with Crippen molar-refractivity contribution in [2.75, 3.05) is 37.6 Å². The van der Waals surface area contributed by atoms with Crippen molar-refractivity contribution in [3.63, 3.8) is 0 Å². The van der Waals surface area contributed by atoms with Crippen LogP contribution in [-0.2, 0) is 14.8 Å². The topological polar surface area (TPSA) is 121 Å². The van der Waals surface area contributed by atoms with Crippen LogP contribution >= 0.6 is 0 Å². The molecule has 2 aromatic carbocycles. The number of piperidine rings is 1. The van der Waals surface area contributed by atoms with Gasteiger partial charge in [0, 0.05) is 62.5 Å². The van der Waals surface area contributed by atoms with Gasteiger partial charge in [-0.25, -0.2) is 8.42 Å². The Morgan fingerprint density at radius 1 is 0.879 bits per heavy atom. The Hall–Kier alpha value is -3.31. The first-order valence-corrected chi connectivity index (χ1v) is 12.2. The van der Waals surface area contributed by atoms with Crippen molar-refractivity contribution in [2.24, 2.45) is 0 Å². The van der Waals surface area contributed by atoms with E-state index in [1.165, 1.54) is 16.4 Å². The first-order chi connectivity index (χ1) is 15.8. The number of sulfonamides is 1. The van der Waals surface area contributed by atoms with Crippen molar-refractivity contribution < 1.29 is 22.9 Å². The van der Waals surface area contributed by atoms with E-state index in [2.05, 4.69) is 0 Å². The molecule has 0 radical (unpaired) electrons. The Labute approximate surface area is 191 Å². The van der Waals surface area contributed by atoms with Gasteiger partial charge in [0.1, 0.15) is 0 Å². The molecule has 0 atom stereocenters. The van der Waals surface area contributed by atoms with Gasteiger partial charge in [0.2, 0.25) is 15.9 Å². The van der Waals surface area contributed by atoms with Crippen LogP contribution in [0, 0.1) is 10.1 Å². The highest BCUT2D eigenvalue weighted by Gasteiger charge is 2.31. The fourth-order valence-electron chi connectivity index (χ4n) is 4.07. The summed E-state index contributed by atoms with van der Waals surface area (Å²) < 4.78 is 27.0. The predicted octanol–water partition coefficient (Wildman–Crippen LogP) is 2.26. The van der Waals surface area contributed by atoms with Gasteiger partial charge >= 0.3 is 0 Å². The lowest BCUT2D eigenvalue weighted by atomic mass is 10.1. The minimum Gasteiger partial charge on any atom is -0.336 e. The van der Waals surface area contributed by atoms with Crippen LogP contribution in [0.1, 0.15) is 29.6 Å². The van der Waals surface area contributed by atoms with Crippen molar-refractivity contribution in [2.45, 2.75) is 24.2 Å². The van der Waals surface area contributed by atoms with Crippen LogP contribution in [-0.4, -0.2) is 67.1 Å². The Morgan fingerprint density at radius 2 is 1.52 bits per heavy atom. The molecular weight excluding hydrogens is 448 g/mol. The Bertz CT molecular complexity index is 1160. The quantitative estimate of drug-likeness (QED) is 0.486. The fourth-order valence-corrected chi connectivity index (χ4v) is 5.49. The molecule has 0 saturated carbocycles. The van der Waals surface area contributed by atoms with E-state index in [0.717, 1.165) is 30.7 Å². The van der Waals surface area contributed by atoms with Crippen LogP contribution in [0.2, 0.25) is 0 Å². The van der Waals surface area contributed by atoms with Gasteiger partial charge in [-0.05, 0) is 49.2 Å². The Balaban J connectivity index is 1.38. The first kappa shape index (κ1) is 22.9. The summed E-state index contributed by atoms with van der Waals surface area (Å²) in [5, 5.41) is 10.8. The second-order valence-corrected chi connectivity index (χ2v) is 9.93. The number of non-ortho nitro benzene ring substituents is 1. The number of benzene rings is 2. The van der Waals surface area contributed by atoms with E-state index in [-0.39, 0.29) is 48.6 Å². The zero-order valence-electron chi connectivity index (χ0n) is 17.9. The number of nitro groups is 1. The second-order valence-electron chi connectivity index (χ2n) is 8.00. The summed E-state index contributed by atoms with van der Waals surface area (Å²) in [5.74, 6) is -0.107. The molecule has 0 aliphatic carbocycles. The number of carbonyl (C=O) groups is 2. The van der Waals surface area contributed by atoms with E-state index < -0.39 is 14.9 Å². The van der Waals surface area contributed by atoms with Crippen LogP contribution in [0.15, 0.2) is 53.4 Å². The Kier molecular flexibility index (Phi) is 6.43. The summed E-state index contributed by atoms with van der Waals surface area (Å²) in [4.78, 5) is 38.5. The maximum absolute atomic E-state index is 12.9. The zero-order valence-corrected chi connectivity index (χ0v) is 18.7. The third-order valence-electron chi connectivity index (χ3n) is 5.96. The minimum atomic E-state index is -3.81. The third-order valence-corrected chi connectivity index (χ3v) is 7.87. The van der Waals surface area contributed by atoms with Crippen LogP contribution in [0.25, 0.3) is 0 Å². The summed E-state index contributed by atoms with van der Waals surface area (Å²) in [6.45, 7) is 1.41. The van der Waals surface area contributed by atoms with Gasteiger partial charge in [-0.15, -0.1) is 0 Å². The lowest BCUT2D eigenvalue weighted by Crippen LogP contribution is -2.50.